The van der Waals surface area contributed by atoms with Gasteiger partial charge in [0.1, 0.15) is 11.4 Å². The van der Waals surface area contributed by atoms with Gasteiger partial charge >= 0.3 is 12.1 Å². The van der Waals surface area contributed by atoms with Gasteiger partial charge < -0.3 is 19.9 Å². The highest BCUT2D eigenvalue weighted by molar-refractivity contribution is 5.69. The summed E-state index contributed by atoms with van der Waals surface area (Å²) in [6.45, 7) is 8.34. The van der Waals surface area contributed by atoms with E-state index in [4.69, 9.17) is 14.6 Å². The molecule has 1 amide bonds. The van der Waals surface area contributed by atoms with Gasteiger partial charge in [-0.2, -0.15) is 0 Å². The molecule has 0 aliphatic rings. The van der Waals surface area contributed by atoms with E-state index in [1.54, 1.807) is 20.8 Å². The molecule has 0 aliphatic carbocycles. The fourth-order valence-corrected chi connectivity index (χ4v) is 3.05. The van der Waals surface area contributed by atoms with Crippen LogP contribution >= 0.6 is 0 Å². The molecule has 0 saturated heterocycles. The first-order valence-electron chi connectivity index (χ1n) is 11.1. The number of amides is 1. The maximum Gasteiger partial charge on any atom is 0.407 e. The lowest BCUT2D eigenvalue weighted by Gasteiger charge is -2.23. The summed E-state index contributed by atoms with van der Waals surface area (Å²) in [4.78, 5) is 23.0. The molecule has 0 aliphatic heterocycles. The Balaban J connectivity index is 2.46. The second kappa shape index (κ2) is 13.9. The zero-order chi connectivity index (χ0) is 22.4. The Labute approximate surface area is 181 Å². The molecular formula is C24H39NO5. The second-order valence-electron chi connectivity index (χ2n) is 8.72. The minimum absolute atomic E-state index is 0.00545. The Bertz CT molecular complexity index is 621. The predicted molar refractivity (Wildman–Crippen MR) is 119 cm³/mol. The van der Waals surface area contributed by atoms with Crippen LogP contribution in [0.3, 0.4) is 0 Å². The third kappa shape index (κ3) is 13.1. The number of unbranched alkanes of at least 4 members (excludes halogenated alkanes) is 4. The van der Waals surface area contributed by atoms with Crippen molar-refractivity contribution in [1.82, 2.24) is 5.32 Å². The van der Waals surface area contributed by atoms with E-state index in [1.807, 2.05) is 24.3 Å². The number of nitrogens with one attached hydrogen (secondary N) is 1. The molecule has 1 rings (SSSR count). The summed E-state index contributed by atoms with van der Waals surface area (Å²) in [7, 11) is 0. The summed E-state index contributed by atoms with van der Waals surface area (Å²) in [6.07, 6.45) is 7.30. The molecule has 0 saturated carbocycles. The molecule has 170 valence electrons. The van der Waals surface area contributed by atoms with Crippen LogP contribution in [0.4, 0.5) is 4.79 Å². The highest BCUT2D eigenvalue weighted by Gasteiger charge is 2.20. The summed E-state index contributed by atoms with van der Waals surface area (Å²) in [5.41, 5.74) is 0.532. The fraction of sp³-hybridized carbons (Fsp3) is 0.667. The largest absolute Gasteiger partial charge is 0.494 e. The number of carbonyl (C=O) groups excluding carboxylic acids is 1. The van der Waals surface area contributed by atoms with Gasteiger partial charge in [-0.3, -0.25) is 4.79 Å². The van der Waals surface area contributed by atoms with Gasteiger partial charge in [-0.05, 0) is 64.2 Å². The van der Waals surface area contributed by atoms with E-state index in [2.05, 4.69) is 12.2 Å². The number of benzene rings is 1. The number of hydrogen-bond donors (Lipinski definition) is 2. The van der Waals surface area contributed by atoms with E-state index in [9.17, 15) is 9.59 Å². The van der Waals surface area contributed by atoms with Gasteiger partial charge in [0.25, 0.3) is 0 Å². The predicted octanol–water partition coefficient (Wildman–Crippen LogP) is 5.73. The summed E-state index contributed by atoms with van der Waals surface area (Å²) < 4.78 is 11.1. The number of aryl methyl sites for hydroxylation is 1. The van der Waals surface area contributed by atoms with Crippen LogP contribution in [0.15, 0.2) is 24.3 Å². The van der Waals surface area contributed by atoms with E-state index in [0.29, 0.717) is 12.8 Å². The molecule has 0 heterocycles. The Morgan fingerprint density at radius 1 is 1.03 bits per heavy atom. The third-order valence-electron chi connectivity index (χ3n) is 4.65. The smallest absolute Gasteiger partial charge is 0.407 e. The normalized spacial score (nSPS) is 12.3. The fourth-order valence-electron chi connectivity index (χ4n) is 3.05. The molecule has 0 fully saturated rings. The quantitative estimate of drug-likeness (QED) is 0.375. The first-order chi connectivity index (χ1) is 14.2. The summed E-state index contributed by atoms with van der Waals surface area (Å²) in [6, 6.07) is 7.72. The van der Waals surface area contributed by atoms with Crippen LogP contribution in [0.5, 0.6) is 5.75 Å². The van der Waals surface area contributed by atoms with Crippen molar-refractivity contribution in [2.75, 3.05) is 6.61 Å². The zero-order valence-electron chi connectivity index (χ0n) is 19.0. The Morgan fingerprint density at radius 3 is 2.30 bits per heavy atom. The summed E-state index contributed by atoms with van der Waals surface area (Å²) in [5.74, 6) is -0.00858. The van der Waals surface area contributed by atoms with Gasteiger partial charge in [0.15, 0.2) is 0 Å². The van der Waals surface area contributed by atoms with Crippen molar-refractivity contribution in [2.45, 2.75) is 97.1 Å². The molecule has 0 aromatic heterocycles. The highest BCUT2D eigenvalue weighted by atomic mass is 16.6. The monoisotopic (exact) mass is 421 g/mol. The second-order valence-corrected chi connectivity index (χ2v) is 8.72. The van der Waals surface area contributed by atoms with Crippen LogP contribution in [0, 0.1) is 0 Å². The molecule has 0 unspecified atom stereocenters. The first kappa shape index (κ1) is 25.8. The van der Waals surface area contributed by atoms with Crippen LogP contribution in [0.25, 0.3) is 0 Å². The van der Waals surface area contributed by atoms with E-state index in [0.717, 1.165) is 30.8 Å². The average Bonchev–Trinajstić information content (AvgIpc) is 2.66. The van der Waals surface area contributed by atoms with Crippen LogP contribution in [0.1, 0.15) is 84.6 Å². The van der Waals surface area contributed by atoms with Crippen molar-refractivity contribution in [2.24, 2.45) is 0 Å². The van der Waals surface area contributed by atoms with Crippen molar-refractivity contribution >= 4 is 12.1 Å². The van der Waals surface area contributed by atoms with Crippen molar-refractivity contribution < 1.29 is 24.2 Å². The van der Waals surface area contributed by atoms with Gasteiger partial charge in [-0.15, -0.1) is 0 Å². The topological polar surface area (TPSA) is 84.9 Å². The number of carboxylic acid groups (broad SMARTS) is 1. The van der Waals surface area contributed by atoms with Crippen LogP contribution in [0.2, 0.25) is 0 Å². The maximum absolute atomic E-state index is 12.1. The zero-order valence-corrected chi connectivity index (χ0v) is 19.0. The lowest BCUT2D eigenvalue weighted by atomic mass is 10.0. The lowest BCUT2D eigenvalue weighted by molar-refractivity contribution is -0.137. The van der Waals surface area contributed by atoms with E-state index in [-0.39, 0.29) is 12.5 Å². The third-order valence-corrected chi connectivity index (χ3v) is 4.65. The van der Waals surface area contributed by atoms with E-state index in [1.165, 1.54) is 25.7 Å². The maximum atomic E-state index is 12.1. The highest BCUT2D eigenvalue weighted by Crippen LogP contribution is 2.16. The van der Waals surface area contributed by atoms with Crippen molar-refractivity contribution in [3.05, 3.63) is 29.8 Å². The van der Waals surface area contributed by atoms with Gasteiger partial charge in [-0.1, -0.05) is 44.7 Å². The number of ether oxygens (including phenoxy) is 2. The molecule has 6 heteroatoms. The number of aliphatic carboxylic acids is 1. The number of carboxylic acids is 1. The molecule has 2 N–H and O–H groups in total. The van der Waals surface area contributed by atoms with Gasteiger partial charge in [0.05, 0.1) is 6.61 Å². The van der Waals surface area contributed by atoms with Crippen LogP contribution in [-0.2, 0) is 16.0 Å². The summed E-state index contributed by atoms with van der Waals surface area (Å²) in [5, 5.41) is 11.8. The average molecular weight is 422 g/mol. The minimum atomic E-state index is -0.873. The van der Waals surface area contributed by atoms with Crippen molar-refractivity contribution in [3.8, 4) is 5.75 Å². The number of hydrogen-bond acceptors (Lipinski definition) is 4. The standard InChI is InChI=1S/C24H39NO5/c1-5-6-7-8-9-18-29-21-15-11-19(12-16-21)10-13-20(14-17-22(26)27)25-23(28)30-24(2,3)4/h11-12,15-16,20H,5-10,13-14,17-18H2,1-4H3,(H,25,28)(H,26,27)/t20-/m1/s1. The first-order valence-corrected chi connectivity index (χ1v) is 11.1. The molecule has 6 nitrogen and oxygen atoms in total. The van der Waals surface area contributed by atoms with Crippen molar-refractivity contribution in [3.63, 3.8) is 0 Å². The molecular weight excluding hydrogens is 382 g/mol. The van der Waals surface area contributed by atoms with Gasteiger partial charge in [0.2, 0.25) is 0 Å². The molecule has 0 spiro atoms. The molecule has 1 aromatic rings. The number of carbonyl (C=O) groups is 2. The molecule has 30 heavy (non-hydrogen) atoms. The Morgan fingerprint density at radius 2 is 1.70 bits per heavy atom. The van der Waals surface area contributed by atoms with Crippen LogP contribution in [-0.4, -0.2) is 35.4 Å². The minimum Gasteiger partial charge on any atom is -0.494 e. The Hall–Kier alpha value is -2.24. The molecule has 0 radical (unpaired) electrons. The number of rotatable bonds is 14. The molecule has 0 bridgehead atoms. The van der Waals surface area contributed by atoms with E-state index >= 15 is 0 Å². The molecule has 1 atom stereocenters. The van der Waals surface area contributed by atoms with Crippen LogP contribution < -0.4 is 10.1 Å². The van der Waals surface area contributed by atoms with Gasteiger partial charge in [-0.25, -0.2) is 4.79 Å². The van der Waals surface area contributed by atoms with E-state index < -0.39 is 17.7 Å². The Kier molecular flexibility index (Phi) is 11.9. The summed E-state index contributed by atoms with van der Waals surface area (Å²) >= 11 is 0. The SMILES string of the molecule is CCCCCCCOc1ccc(CC[C@H](CCC(=O)O)NC(=O)OC(C)(C)C)cc1. The lowest BCUT2D eigenvalue weighted by Crippen LogP contribution is -2.39. The number of alkyl carbamates (subject to hydrolysis) is 1. The van der Waals surface area contributed by atoms with Crippen molar-refractivity contribution in [1.29, 1.82) is 0 Å². The molecule has 1 aromatic carbocycles. The van der Waals surface area contributed by atoms with Gasteiger partial charge in [0, 0.05) is 12.5 Å².